The van der Waals surface area contributed by atoms with Gasteiger partial charge in [0.05, 0.1) is 32.0 Å². The zero-order valence-electron chi connectivity index (χ0n) is 24.4. The Balaban J connectivity index is 1.41. The summed E-state index contributed by atoms with van der Waals surface area (Å²) in [5.74, 6) is 0.968. The van der Waals surface area contributed by atoms with Crippen molar-refractivity contribution in [2.45, 2.75) is 63.5 Å². The summed E-state index contributed by atoms with van der Waals surface area (Å²) in [4.78, 5) is 21.2. The number of halogens is 1. The van der Waals surface area contributed by atoms with Gasteiger partial charge in [-0.2, -0.15) is 0 Å². The fourth-order valence-electron chi connectivity index (χ4n) is 6.63. The lowest BCUT2D eigenvalue weighted by Crippen LogP contribution is -2.40. The van der Waals surface area contributed by atoms with Crippen LogP contribution in [-0.2, 0) is 20.9 Å². The molecule has 2 aliphatic heterocycles. The molecule has 0 saturated carbocycles. The van der Waals surface area contributed by atoms with Gasteiger partial charge in [-0.15, -0.1) is 0 Å². The highest BCUT2D eigenvalue weighted by molar-refractivity contribution is 7.94. The van der Waals surface area contributed by atoms with Crippen LogP contribution >= 0.6 is 0 Å². The van der Waals surface area contributed by atoms with Crippen molar-refractivity contribution in [2.24, 2.45) is 16.2 Å². The van der Waals surface area contributed by atoms with Gasteiger partial charge in [-0.1, -0.05) is 0 Å². The van der Waals surface area contributed by atoms with E-state index in [-0.39, 0.29) is 11.2 Å². The smallest absolute Gasteiger partial charge is 0.219 e. The van der Waals surface area contributed by atoms with Crippen LogP contribution in [0.25, 0.3) is 16.6 Å². The highest BCUT2D eigenvalue weighted by Gasteiger charge is 2.29. The van der Waals surface area contributed by atoms with Crippen LogP contribution in [-0.4, -0.2) is 74.5 Å². The number of likely N-dealkylation sites (tertiary alicyclic amines) is 2. The molecule has 0 N–H and O–H groups in total. The molecule has 0 spiro atoms. The molecule has 2 fully saturated rings. The number of hydrogen-bond acceptors (Lipinski definition) is 5. The summed E-state index contributed by atoms with van der Waals surface area (Å²) in [6, 6.07) is 4.53. The van der Waals surface area contributed by atoms with E-state index in [4.69, 9.17) is 0 Å². The fourth-order valence-corrected chi connectivity index (χ4v) is 8.51. The number of aryl methyl sites for hydroxylation is 1. The molecule has 2 saturated heterocycles. The molecule has 1 amide bonds. The predicted molar refractivity (Wildman–Crippen MR) is 159 cm³/mol. The molecule has 5 rings (SSSR count). The Kier molecular flexibility index (Phi) is 8.34. The van der Waals surface area contributed by atoms with Crippen molar-refractivity contribution in [3.63, 3.8) is 0 Å². The van der Waals surface area contributed by atoms with Crippen LogP contribution in [0.5, 0.6) is 0 Å². The number of benzene rings is 1. The third kappa shape index (κ3) is 5.55. The van der Waals surface area contributed by atoms with Crippen molar-refractivity contribution >= 4 is 26.5 Å². The number of nitrogens with zero attached hydrogens (tertiary/aromatic N) is 5. The van der Waals surface area contributed by atoms with Gasteiger partial charge in [0.2, 0.25) is 5.91 Å². The Bertz CT molecular complexity index is 1520. The Hall–Kier alpha value is -2.78. The van der Waals surface area contributed by atoms with Gasteiger partial charge in [-0.05, 0) is 94.2 Å². The third-order valence-corrected chi connectivity index (χ3v) is 11.6. The zero-order chi connectivity index (χ0) is 28.6. The molecule has 7 nitrogen and oxygen atoms in total. The van der Waals surface area contributed by atoms with Gasteiger partial charge >= 0.3 is 0 Å². The van der Waals surface area contributed by atoms with Crippen molar-refractivity contribution in [1.29, 1.82) is 0 Å². The molecular weight excluding hydrogens is 525 g/mol. The van der Waals surface area contributed by atoms with Crippen LogP contribution in [0.3, 0.4) is 0 Å². The van der Waals surface area contributed by atoms with Gasteiger partial charge in [-0.3, -0.25) is 9.78 Å². The number of piperidine rings is 1. The van der Waals surface area contributed by atoms with Gasteiger partial charge in [0.1, 0.15) is 5.82 Å². The standard InChI is InChI=1S/C31H42FN5O2S/c1-21(2)40(39,33-5)30-15-27(32)6-7-28(30)37-20-26(31-22(3)16-34-17-29(31)37)14-25-8-11-35(19-25)18-24-9-12-36(13-10-24)23(4)38/h6-7,15-17,20-21,24-25H,8-14,18-19H2,1-5H3/t25-,40-/m0/s1. The van der Waals surface area contributed by atoms with Gasteiger partial charge in [-0.25, -0.2) is 13.0 Å². The monoisotopic (exact) mass is 567 g/mol. The van der Waals surface area contributed by atoms with E-state index in [0.717, 1.165) is 69.5 Å². The number of carbonyl (C=O) groups excluding carboxylic acids is 1. The van der Waals surface area contributed by atoms with Crippen LogP contribution in [0.4, 0.5) is 4.39 Å². The van der Waals surface area contributed by atoms with Gasteiger partial charge in [0, 0.05) is 63.2 Å². The lowest BCUT2D eigenvalue weighted by atomic mass is 9.96. The summed E-state index contributed by atoms with van der Waals surface area (Å²) in [6.45, 7) is 12.5. The highest BCUT2D eigenvalue weighted by Crippen LogP contribution is 2.35. The minimum absolute atomic E-state index is 0.188. The summed E-state index contributed by atoms with van der Waals surface area (Å²) in [5.41, 5.74) is 3.99. The fraction of sp³-hybridized carbons (Fsp3) is 0.548. The number of pyridine rings is 1. The third-order valence-electron chi connectivity index (χ3n) is 8.84. The maximum Gasteiger partial charge on any atom is 0.219 e. The molecule has 2 atom stereocenters. The van der Waals surface area contributed by atoms with Crippen LogP contribution in [0.1, 0.15) is 51.2 Å². The normalized spacial score (nSPS) is 20.4. The molecule has 0 bridgehead atoms. The van der Waals surface area contributed by atoms with E-state index in [1.807, 2.05) is 35.7 Å². The summed E-state index contributed by atoms with van der Waals surface area (Å²) in [5, 5.41) is 0.906. The topological polar surface area (TPSA) is 70.8 Å². The van der Waals surface area contributed by atoms with Crippen molar-refractivity contribution in [2.75, 3.05) is 39.8 Å². The number of rotatable bonds is 7. The summed E-state index contributed by atoms with van der Waals surface area (Å²) < 4.78 is 34.8. The summed E-state index contributed by atoms with van der Waals surface area (Å²) in [7, 11) is -1.27. The van der Waals surface area contributed by atoms with Crippen LogP contribution in [0.15, 0.2) is 46.0 Å². The maximum atomic E-state index is 14.5. The van der Waals surface area contributed by atoms with Crippen molar-refractivity contribution < 1.29 is 13.4 Å². The van der Waals surface area contributed by atoms with Crippen LogP contribution in [0, 0.1) is 24.6 Å². The van der Waals surface area contributed by atoms with E-state index < -0.39 is 15.5 Å². The molecular formula is C31H42FN5O2S. The number of carbonyl (C=O) groups is 1. The first-order valence-corrected chi connectivity index (χ1v) is 16.0. The van der Waals surface area contributed by atoms with Gasteiger partial charge < -0.3 is 14.4 Å². The van der Waals surface area contributed by atoms with Crippen molar-refractivity contribution in [3.8, 4) is 5.69 Å². The minimum Gasteiger partial charge on any atom is -0.343 e. The molecule has 0 aliphatic carbocycles. The van der Waals surface area contributed by atoms with E-state index in [2.05, 4.69) is 27.4 Å². The molecule has 9 heteroatoms. The molecule has 0 unspecified atom stereocenters. The number of hydrogen-bond donors (Lipinski definition) is 0. The van der Waals surface area contributed by atoms with Gasteiger partial charge in [0.25, 0.3) is 0 Å². The molecule has 2 aliphatic rings. The first-order chi connectivity index (χ1) is 19.1. The Morgan fingerprint density at radius 2 is 1.88 bits per heavy atom. The number of aromatic nitrogens is 2. The summed E-state index contributed by atoms with van der Waals surface area (Å²) in [6.07, 6.45) is 10.2. The predicted octanol–water partition coefficient (Wildman–Crippen LogP) is 5.46. The van der Waals surface area contributed by atoms with Crippen molar-refractivity contribution in [1.82, 2.24) is 19.4 Å². The molecule has 216 valence electrons. The lowest BCUT2D eigenvalue weighted by molar-refractivity contribution is -0.130. The largest absolute Gasteiger partial charge is 0.343 e. The average Bonchev–Trinajstić information content (AvgIpc) is 3.53. The first-order valence-electron chi connectivity index (χ1n) is 14.5. The number of amides is 1. The maximum absolute atomic E-state index is 14.5. The lowest BCUT2D eigenvalue weighted by Gasteiger charge is -2.33. The van der Waals surface area contributed by atoms with E-state index in [1.165, 1.54) is 23.1 Å². The Morgan fingerprint density at radius 1 is 1.15 bits per heavy atom. The molecule has 1 aromatic carbocycles. The zero-order valence-corrected chi connectivity index (χ0v) is 25.2. The molecule has 0 radical (unpaired) electrons. The molecule has 40 heavy (non-hydrogen) atoms. The first kappa shape index (κ1) is 28.7. The van der Waals surface area contributed by atoms with E-state index in [1.54, 1.807) is 20.0 Å². The minimum atomic E-state index is -2.83. The second-order valence-electron chi connectivity index (χ2n) is 11.9. The highest BCUT2D eigenvalue weighted by atomic mass is 32.2. The molecule has 2 aromatic heterocycles. The van der Waals surface area contributed by atoms with Gasteiger partial charge in [0.15, 0.2) is 0 Å². The second-order valence-corrected chi connectivity index (χ2v) is 14.7. The average molecular weight is 568 g/mol. The van der Waals surface area contributed by atoms with E-state index in [0.29, 0.717) is 22.4 Å². The second kappa shape index (κ2) is 11.6. The van der Waals surface area contributed by atoms with Crippen molar-refractivity contribution in [3.05, 3.63) is 53.7 Å². The van der Waals surface area contributed by atoms with Crippen LogP contribution in [0.2, 0.25) is 0 Å². The Morgan fingerprint density at radius 3 is 2.55 bits per heavy atom. The van der Waals surface area contributed by atoms with E-state index in [9.17, 15) is 13.4 Å². The Labute approximate surface area is 237 Å². The summed E-state index contributed by atoms with van der Waals surface area (Å²) >= 11 is 0. The molecule has 4 heterocycles. The number of fused-ring (bicyclic) bond motifs is 1. The van der Waals surface area contributed by atoms with E-state index >= 15 is 0 Å². The van der Waals surface area contributed by atoms with Crippen LogP contribution < -0.4 is 0 Å². The molecule has 3 aromatic rings. The quantitative estimate of drug-likeness (QED) is 0.380. The SMILES string of the molecule is CN=[S@@](=O)(c1cc(F)ccc1-n1cc(C[C@@H]2CCN(CC3CCN(C(C)=O)CC3)C2)c2c(C)cncc21)C(C)C.